The van der Waals surface area contributed by atoms with Crippen molar-refractivity contribution in [2.45, 2.75) is 83.7 Å². The minimum absolute atomic E-state index is 0. The largest absolute Gasteiger partial charge is 0.384 e. The Morgan fingerprint density at radius 1 is 0.622 bits per heavy atom. The number of halogens is 3. The minimum atomic E-state index is -1.09. The maximum absolute atomic E-state index is 14.4. The van der Waals surface area contributed by atoms with Gasteiger partial charge in [0.25, 0.3) is 11.8 Å². The van der Waals surface area contributed by atoms with Crippen LogP contribution in [-0.4, -0.2) is 100 Å². The molecule has 390 valence electrons. The van der Waals surface area contributed by atoms with Crippen molar-refractivity contribution in [3.05, 3.63) is 144 Å². The van der Waals surface area contributed by atoms with Crippen LogP contribution in [0.25, 0.3) is 0 Å². The Labute approximate surface area is 427 Å². The van der Waals surface area contributed by atoms with Gasteiger partial charge in [0, 0.05) is 78.2 Å². The Bertz CT molecular complexity index is 3040. The average molecular weight is 1020 g/mol. The zero-order chi connectivity index (χ0) is 52.8. The number of aryl methyl sites for hydroxylation is 2. The summed E-state index contributed by atoms with van der Waals surface area (Å²) < 4.78 is 45.3. The van der Waals surface area contributed by atoms with Crippen LogP contribution < -0.4 is 21.3 Å². The minimum Gasteiger partial charge on any atom is -0.384 e. The highest BCUT2D eigenvalue weighted by Crippen LogP contribution is 2.37. The molecule has 21 heteroatoms. The van der Waals surface area contributed by atoms with Gasteiger partial charge in [-0.15, -0.1) is 0 Å². The van der Waals surface area contributed by atoms with Crippen molar-refractivity contribution < 1.29 is 41.9 Å². The molecule has 0 bridgehead atoms. The third-order valence-corrected chi connectivity index (χ3v) is 13.5. The quantitative estimate of drug-likeness (QED) is 0.104. The van der Waals surface area contributed by atoms with E-state index in [9.17, 15) is 41.9 Å². The monoisotopic (exact) mass is 1020 g/mol. The normalized spacial score (nSPS) is 17.7. The summed E-state index contributed by atoms with van der Waals surface area (Å²) >= 11 is 0. The number of anilines is 4. The van der Waals surface area contributed by atoms with Crippen molar-refractivity contribution in [3.63, 3.8) is 0 Å². The van der Waals surface area contributed by atoms with E-state index in [4.69, 9.17) is 11.5 Å². The van der Waals surface area contributed by atoms with E-state index < -0.39 is 76.9 Å². The summed E-state index contributed by atoms with van der Waals surface area (Å²) in [7, 11) is 6.56. The Kier molecular flexibility index (Phi) is 17.5. The van der Waals surface area contributed by atoms with Gasteiger partial charge < -0.3 is 20.6 Å². The van der Waals surface area contributed by atoms with Crippen LogP contribution in [0.5, 0.6) is 0 Å². The Hall–Kier alpha value is -8.23. The van der Waals surface area contributed by atoms with E-state index >= 15 is 0 Å². The molecule has 0 spiro atoms. The molecule has 2 aromatic carbocycles. The van der Waals surface area contributed by atoms with Crippen LogP contribution in [0.1, 0.15) is 81.0 Å². The van der Waals surface area contributed by atoms with Crippen LogP contribution in [0.15, 0.2) is 104 Å². The van der Waals surface area contributed by atoms with E-state index in [1.54, 1.807) is 98.4 Å². The number of imide groups is 2. The number of carbonyl (C=O) groups excluding carboxylic acids is 6. The number of β-lactam (4-membered cyclic amide) rings is 2. The number of likely N-dealkylation sites (tertiary alicyclic amines) is 2. The predicted molar refractivity (Wildman–Crippen MR) is 271 cm³/mol. The second kappa shape index (κ2) is 23.5. The van der Waals surface area contributed by atoms with Crippen LogP contribution in [0.3, 0.4) is 0 Å². The van der Waals surface area contributed by atoms with Crippen molar-refractivity contribution in [2.24, 2.45) is 25.9 Å². The Morgan fingerprint density at radius 3 is 1.50 bits per heavy atom. The molecule has 2 aliphatic rings. The summed E-state index contributed by atoms with van der Waals surface area (Å²) in [4.78, 5) is 101. The van der Waals surface area contributed by atoms with Gasteiger partial charge in [-0.25, -0.2) is 33.1 Å². The molecule has 6 aromatic rings. The van der Waals surface area contributed by atoms with Gasteiger partial charge in [-0.2, -0.15) is 0 Å². The number of nitrogen functional groups attached to an aromatic ring is 2. The van der Waals surface area contributed by atoms with E-state index in [1.807, 2.05) is 6.92 Å². The van der Waals surface area contributed by atoms with Gasteiger partial charge in [0.15, 0.2) is 0 Å². The predicted octanol–water partition coefficient (Wildman–Crippen LogP) is 6.13. The number of amides is 6. The molecule has 0 saturated carbocycles. The van der Waals surface area contributed by atoms with Crippen molar-refractivity contribution in [2.75, 3.05) is 35.4 Å². The topological polar surface area (TPSA) is 229 Å². The van der Waals surface area contributed by atoms with Crippen LogP contribution in [-0.2, 0) is 55.7 Å². The van der Waals surface area contributed by atoms with Gasteiger partial charge >= 0.3 is 0 Å². The maximum Gasteiger partial charge on any atom is 0.253 e. The first-order chi connectivity index (χ1) is 34.8. The smallest absolute Gasteiger partial charge is 0.253 e. The SMILES string of the molecule is C.CC[C@H](CC(=O)N1C(=O)[C@H](Cc2ccnc(N)c2)[C@H]1C(=O)N(C)c1nccn1C)c1cc(F)ccc1F.CC[C@H](CC(=O)N1C(=O)[C@H](Cc2ccnc(N)c2)[C@H]1C(=O)N(C)c1nccn1C)c1cccc(F)c1. The zero-order valence-corrected chi connectivity index (χ0v) is 41.2. The molecule has 4 N–H and O–H groups in total. The lowest BCUT2D eigenvalue weighted by Crippen LogP contribution is -2.69. The fraction of sp³-hybridized carbons (Fsp3) is 0.358. The van der Waals surface area contributed by atoms with E-state index in [0.717, 1.165) is 33.6 Å². The first kappa shape index (κ1) is 55.1. The molecule has 0 radical (unpaired) electrons. The van der Waals surface area contributed by atoms with E-state index in [0.29, 0.717) is 41.7 Å². The number of rotatable bonds is 16. The zero-order valence-electron chi connectivity index (χ0n) is 41.2. The van der Waals surface area contributed by atoms with Crippen molar-refractivity contribution in [1.29, 1.82) is 0 Å². The van der Waals surface area contributed by atoms with Gasteiger partial charge in [0.1, 0.15) is 41.2 Å². The molecule has 6 amide bonds. The number of likely N-dealkylation sites (N-methyl/N-ethyl adjacent to an activating group) is 2. The number of pyridine rings is 2. The van der Waals surface area contributed by atoms with Gasteiger partial charge in [-0.05, 0) is 114 Å². The lowest BCUT2D eigenvalue weighted by Gasteiger charge is -2.46. The molecule has 18 nitrogen and oxygen atoms in total. The van der Waals surface area contributed by atoms with Gasteiger partial charge in [0.05, 0.1) is 11.8 Å². The first-order valence-electron chi connectivity index (χ1n) is 23.7. The summed E-state index contributed by atoms with van der Waals surface area (Å²) in [5.41, 5.74) is 13.7. The Balaban J connectivity index is 0.000000238. The standard InChI is InChI=1S/C26H28F2N6O3.C26H29FN6O3.CH4/c1-4-16(18-14-17(27)5-6-20(18)28)13-22(35)34-23(25(37)33(3)26-31-9-10-32(26)2)19(24(34)36)11-15-7-8-30-21(29)12-15;1-4-17(18-6-5-7-19(27)14-18)15-22(34)33-23(25(36)32(3)26-30-10-11-31(26)2)20(24(33)35)12-16-8-9-29-21(28)13-16;/h5-10,12,14,16,19,23H,4,11,13H2,1-3H3,(H2,29,30);5-11,13-14,17,20,23H,4,12,15H2,1-3H3,(H2,28,29);1H4/t16-,19-,23+;17-,20-,23+;/m11./s1. The molecule has 74 heavy (non-hydrogen) atoms. The Morgan fingerprint density at radius 2 is 1.08 bits per heavy atom. The van der Waals surface area contributed by atoms with Crippen LogP contribution in [0.4, 0.5) is 36.7 Å². The highest BCUT2D eigenvalue weighted by Gasteiger charge is 2.56. The number of nitrogens with two attached hydrogens (primary N) is 2. The first-order valence-corrected chi connectivity index (χ1v) is 23.7. The van der Waals surface area contributed by atoms with Crippen LogP contribution >= 0.6 is 0 Å². The summed E-state index contributed by atoms with van der Waals surface area (Å²) in [5, 5.41) is 0. The summed E-state index contributed by atoms with van der Waals surface area (Å²) in [6, 6.07) is 13.8. The van der Waals surface area contributed by atoms with Crippen LogP contribution in [0.2, 0.25) is 0 Å². The highest BCUT2D eigenvalue weighted by molar-refractivity contribution is 6.13. The number of benzene rings is 2. The summed E-state index contributed by atoms with van der Waals surface area (Å²) in [5.74, 6) is -5.76. The fourth-order valence-electron chi connectivity index (χ4n) is 9.50. The molecule has 6 heterocycles. The van der Waals surface area contributed by atoms with Crippen molar-refractivity contribution >= 4 is 59.0 Å². The molecule has 0 aliphatic carbocycles. The molecule has 2 aliphatic heterocycles. The number of nitrogens with zero attached hydrogens (tertiary/aromatic N) is 10. The molecule has 2 saturated heterocycles. The average Bonchev–Trinajstić information content (AvgIpc) is 4.01. The summed E-state index contributed by atoms with van der Waals surface area (Å²) in [6.45, 7) is 3.64. The lowest BCUT2D eigenvalue weighted by atomic mass is 9.80. The van der Waals surface area contributed by atoms with E-state index in [2.05, 4.69) is 19.9 Å². The number of hydrogen-bond donors (Lipinski definition) is 2. The third-order valence-electron chi connectivity index (χ3n) is 13.5. The maximum atomic E-state index is 14.4. The van der Waals surface area contributed by atoms with Gasteiger partial charge in [-0.3, -0.25) is 48.4 Å². The number of aromatic nitrogens is 6. The van der Waals surface area contributed by atoms with Gasteiger partial charge in [-0.1, -0.05) is 33.4 Å². The molecule has 0 unspecified atom stereocenters. The van der Waals surface area contributed by atoms with E-state index in [1.165, 1.54) is 41.4 Å². The molecule has 6 atom stereocenters. The molecule has 2 fully saturated rings. The van der Waals surface area contributed by atoms with Crippen molar-refractivity contribution in [1.82, 2.24) is 38.9 Å². The molecular formula is C53H61F3N12O6. The second-order valence-electron chi connectivity index (χ2n) is 18.2. The lowest BCUT2D eigenvalue weighted by molar-refractivity contribution is -0.171. The van der Waals surface area contributed by atoms with Crippen LogP contribution in [0, 0.1) is 29.3 Å². The number of hydrogen-bond acceptors (Lipinski definition) is 12. The van der Waals surface area contributed by atoms with E-state index in [-0.39, 0.29) is 56.2 Å². The molecular weight excluding hydrogens is 958 g/mol. The van der Waals surface area contributed by atoms with Gasteiger partial charge in [0.2, 0.25) is 35.5 Å². The fourth-order valence-corrected chi connectivity index (χ4v) is 9.50. The molecule has 8 rings (SSSR count). The third kappa shape index (κ3) is 11.7. The number of carbonyl (C=O) groups is 6. The highest BCUT2D eigenvalue weighted by atomic mass is 19.1. The second-order valence-corrected chi connectivity index (χ2v) is 18.2. The molecule has 4 aromatic heterocycles. The number of imidazole rings is 2. The van der Waals surface area contributed by atoms with Crippen molar-refractivity contribution in [3.8, 4) is 0 Å². The summed E-state index contributed by atoms with van der Waals surface area (Å²) in [6.07, 6.45) is 10.6.